The minimum Gasteiger partial charge on any atom is -1.00 e. The Morgan fingerprint density at radius 2 is 2.12 bits per heavy atom. The van der Waals surface area contributed by atoms with Crippen molar-refractivity contribution >= 4 is 21.6 Å². The smallest absolute Gasteiger partial charge is 0.235 e. The molecule has 88 valence electrons. The molecule has 1 aromatic heterocycles. The summed E-state index contributed by atoms with van der Waals surface area (Å²) in [7, 11) is 0. The molecule has 2 nitrogen and oxygen atoms in total. The second-order valence-corrected chi connectivity index (χ2v) is 5.01. The van der Waals surface area contributed by atoms with Crippen molar-refractivity contribution in [3.63, 3.8) is 0 Å². The topological polar surface area (TPSA) is 24.1 Å². The molecule has 1 heterocycles. The molecule has 4 heteroatoms. The van der Waals surface area contributed by atoms with Gasteiger partial charge in [0, 0.05) is 13.3 Å². The molecule has 1 N–H and O–H groups in total. The van der Waals surface area contributed by atoms with Gasteiger partial charge in [-0.05, 0) is 12.1 Å². The summed E-state index contributed by atoms with van der Waals surface area (Å²) >= 11 is 1.79. The molecule has 0 aliphatic carbocycles. The van der Waals surface area contributed by atoms with Crippen molar-refractivity contribution in [3.05, 3.63) is 23.2 Å². The zero-order valence-electron chi connectivity index (χ0n) is 9.53. The van der Waals surface area contributed by atoms with Gasteiger partial charge in [0.1, 0.15) is 17.0 Å². The molecule has 2 aromatic rings. The molecule has 0 aliphatic rings. The van der Waals surface area contributed by atoms with Crippen LogP contribution in [0.5, 0.6) is 5.75 Å². The summed E-state index contributed by atoms with van der Waals surface area (Å²) in [4.78, 5) is 0. The molecule has 0 atom stereocenters. The molecule has 0 amide bonds. The number of hydrogen-bond acceptors (Lipinski definition) is 2. The normalized spacial score (nSPS) is 10.4. The molecular formula is C12H16INOS. The third-order valence-electron chi connectivity index (χ3n) is 2.61. The van der Waals surface area contributed by atoms with Crippen LogP contribution in [0, 0.1) is 6.92 Å². The van der Waals surface area contributed by atoms with Gasteiger partial charge in [-0.2, -0.15) is 4.57 Å². The first kappa shape index (κ1) is 13.7. The monoisotopic (exact) mass is 349 g/mol. The number of unbranched alkanes of at least 4 members (excludes halogenated alkanes) is 1. The molecular weight excluding hydrogens is 333 g/mol. The van der Waals surface area contributed by atoms with Crippen molar-refractivity contribution in [2.24, 2.45) is 0 Å². The summed E-state index contributed by atoms with van der Waals surface area (Å²) in [6, 6.07) is 5.60. The zero-order valence-corrected chi connectivity index (χ0v) is 12.5. The van der Waals surface area contributed by atoms with E-state index in [2.05, 4.69) is 18.4 Å². The molecule has 0 saturated carbocycles. The van der Waals surface area contributed by atoms with Gasteiger partial charge in [-0.25, -0.2) is 0 Å². The van der Waals surface area contributed by atoms with Crippen LogP contribution in [0.4, 0.5) is 0 Å². The van der Waals surface area contributed by atoms with Crippen LogP contribution in [-0.4, -0.2) is 5.11 Å². The Morgan fingerprint density at radius 1 is 1.38 bits per heavy atom. The number of halogens is 1. The van der Waals surface area contributed by atoms with E-state index >= 15 is 0 Å². The van der Waals surface area contributed by atoms with Gasteiger partial charge in [-0.1, -0.05) is 24.7 Å². The Labute approximate surface area is 117 Å². The van der Waals surface area contributed by atoms with Gasteiger partial charge in [0.25, 0.3) is 0 Å². The summed E-state index contributed by atoms with van der Waals surface area (Å²) in [6.45, 7) is 5.38. The first-order chi connectivity index (χ1) is 7.22. The number of nitrogens with zero attached hydrogens (tertiary/aromatic N) is 1. The molecule has 0 saturated heterocycles. The van der Waals surface area contributed by atoms with Gasteiger partial charge in [-0.15, -0.1) is 0 Å². The highest BCUT2D eigenvalue weighted by Gasteiger charge is 2.16. The van der Waals surface area contributed by atoms with Gasteiger partial charge in [0.15, 0.2) is 0 Å². The third-order valence-corrected chi connectivity index (χ3v) is 3.69. The highest BCUT2D eigenvalue weighted by molar-refractivity contribution is 7.18. The molecule has 0 radical (unpaired) electrons. The van der Waals surface area contributed by atoms with Crippen LogP contribution in [0.25, 0.3) is 10.2 Å². The Balaban J connectivity index is 0.00000128. The van der Waals surface area contributed by atoms with Crippen LogP contribution < -0.4 is 28.5 Å². The van der Waals surface area contributed by atoms with Crippen LogP contribution in [0.3, 0.4) is 0 Å². The van der Waals surface area contributed by atoms with Gasteiger partial charge < -0.3 is 29.1 Å². The number of phenolic OH excluding ortho intramolecular Hbond substituents is 1. The van der Waals surface area contributed by atoms with Gasteiger partial charge in [0.05, 0.1) is 6.07 Å². The summed E-state index contributed by atoms with van der Waals surface area (Å²) in [6.07, 6.45) is 2.38. The maximum atomic E-state index is 9.48. The number of rotatable bonds is 3. The Morgan fingerprint density at radius 3 is 2.81 bits per heavy atom. The lowest BCUT2D eigenvalue weighted by atomic mass is 10.3. The standard InChI is InChI=1S/C12H15NOS.HI/c1-3-4-7-13-9(2)15-12-6-5-10(14)8-11(12)13;/h5-6,8H,3-4,7H2,1-2H3;1H. The fourth-order valence-corrected chi connectivity index (χ4v) is 2.81. The lowest BCUT2D eigenvalue weighted by molar-refractivity contribution is -0.673. The van der Waals surface area contributed by atoms with Crippen molar-refractivity contribution in [2.75, 3.05) is 0 Å². The van der Waals surface area contributed by atoms with E-state index in [4.69, 9.17) is 0 Å². The number of hydrogen-bond donors (Lipinski definition) is 1. The van der Waals surface area contributed by atoms with E-state index in [1.165, 1.54) is 22.5 Å². The van der Waals surface area contributed by atoms with E-state index in [9.17, 15) is 5.11 Å². The third kappa shape index (κ3) is 2.66. The zero-order chi connectivity index (χ0) is 10.8. The lowest BCUT2D eigenvalue weighted by Crippen LogP contribution is -3.00. The van der Waals surface area contributed by atoms with Gasteiger partial charge in [0.2, 0.25) is 10.5 Å². The summed E-state index contributed by atoms with van der Waals surface area (Å²) in [5.41, 5.74) is 1.16. The van der Waals surface area contributed by atoms with Crippen LogP contribution in [0.15, 0.2) is 18.2 Å². The Bertz CT molecular complexity index is 481. The molecule has 0 fully saturated rings. The number of thiazole rings is 1. The fraction of sp³-hybridized carbons (Fsp3) is 0.417. The van der Waals surface area contributed by atoms with E-state index in [1.54, 1.807) is 17.4 Å². The molecule has 0 spiro atoms. The van der Waals surface area contributed by atoms with Crippen molar-refractivity contribution in [3.8, 4) is 5.75 Å². The largest absolute Gasteiger partial charge is 1.00 e. The van der Waals surface area contributed by atoms with Crippen LogP contribution in [0.2, 0.25) is 0 Å². The van der Waals surface area contributed by atoms with Gasteiger partial charge >= 0.3 is 0 Å². The second kappa shape index (κ2) is 5.82. The maximum absolute atomic E-state index is 9.48. The second-order valence-electron chi connectivity index (χ2n) is 3.78. The maximum Gasteiger partial charge on any atom is 0.235 e. The van der Waals surface area contributed by atoms with Crippen LogP contribution in [-0.2, 0) is 6.54 Å². The SMILES string of the molecule is CCCC[n+]1c(C)sc2ccc(O)cc21.[I-]. The summed E-state index contributed by atoms with van der Waals surface area (Å²) < 4.78 is 3.55. The van der Waals surface area contributed by atoms with E-state index in [-0.39, 0.29) is 24.0 Å². The number of aromatic nitrogens is 1. The van der Waals surface area contributed by atoms with E-state index in [0.717, 1.165) is 12.1 Å². The molecule has 16 heavy (non-hydrogen) atoms. The highest BCUT2D eigenvalue weighted by Crippen LogP contribution is 2.23. The average Bonchev–Trinajstić information content (AvgIpc) is 2.51. The van der Waals surface area contributed by atoms with Crippen molar-refractivity contribution in [1.29, 1.82) is 0 Å². The molecule has 0 bridgehead atoms. The molecule has 0 aliphatic heterocycles. The van der Waals surface area contributed by atoms with E-state index in [1.807, 2.05) is 12.1 Å². The van der Waals surface area contributed by atoms with Crippen LogP contribution >= 0.6 is 11.3 Å². The lowest BCUT2D eigenvalue weighted by Gasteiger charge is -1.95. The average molecular weight is 349 g/mol. The summed E-state index contributed by atoms with van der Waals surface area (Å²) in [5.74, 6) is 0.352. The van der Waals surface area contributed by atoms with Crippen molar-refractivity contribution < 1.29 is 33.7 Å². The number of phenols is 1. The van der Waals surface area contributed by atoms with E-state index < -0.39 is 0 Å². The minimum atomic E-state index is 0. The predicted octanol–water partition coefficient (Wildman–Crippen LogP) is 0.00692. The fourth-order valence-electron chi connectivity index (χ4n) is 1.78. The Kier molecular flexibility index (Phi) is 4.98. The minimum absolute atomic E-state index is 0. The quantitative estimate of drug-likeness (QED) is 0.613. The van der Waals surface area contributed by atoms with Crippen molar-refractivity contribution in [1.82, 2.24) is 0 Å². The van der Waals surface area contributed by atoms with Crippen molar-refractivity contribution in [2.45, 2.75) is 33.2 Å². The molecule has 0 unspecified atom stereocenters. The van der Waals surface area contributed by atoms with E-state index in [0.29, 0.717) is 5.75 Å². The molecule has 1 aromatic carbocycles. The summed E-state index contributed by atoms with van der Waals surface area (Å²) in [5, 5.41) is 10.8. The number of aromatic hydroxyl groups is 1. The first-order valence-corrected chi connectivity index (χ1v) is 6.16. The molecule has 2 rings (SSSR count). The number of fused-ring (bicyclic) bond motifs is 1. The van der Waals surface area contributed by atoms with Crippen LogP contribution in [0.1, 0.15) is 24.8 Å². The Hall–Kier alpha value is -0.360. The first-order valence-electron chi connectivity index (χ1n) is 5.34. The predicted molar refractivity (Wildman–Crippen MR) is 63.3 cm³/mol. The number of aryl methyl sites for hydroxylation is 2. The van der Waals surface area contributed by atoms with Gasteiger partial charge in [-0.3, -0.25) is 0 Å². The number of benzene rings is 1. The highest BCUT2D eigenvalue weighted by atomic mass is 127.